The van der Waals surface area contributed by atoms with Crippen molar-refractivity contribution < 1.29 is 9.90 Å². The number of carbonyl (C=O) groups excluding carboxylic acids is 1. The summed E-state index contributed by atoms with van der Waals surface area (Å²) in [5, 5.41) is 12.0. The number of para-hydroxylation sites is 1. The summed E-state index contributed by atoms with van der Waals surface area (Å²) >= 11 is 0. The highest BCUT2D eigenvalue weighted by Crippen LogP contribution is 2.47. The van der Waals surface area contributed by atoms with Crippen molar-refractivity contribution >= 4 is 11.6 Å². The van der Waals surface area contributed by atoms with E-state index in [0.29, 0.717) is 6.42 Å². The first-order chi connectivity index (χ1) is 13.1. The van der Waals surface area contributed by atoms with Crippen molar-refractivity contribution in [3.05, 3.63) is 77.4 Å². The number of rotatable bonds is 8. The molecule has 0 aliphatic carbocycles. The van der Waals surface area contributed by atoms with Crippen molar-refractivity contribution in [2.45, 2.75) is 58.1 Å². The summed E-state index contributed by atoms with van der Waals surface area (Å²) in [4.78, 5) is 15.1. The molecule has 0 fully saturated rings. The van der Waals surface area contributed by atoms with Crippen LogP contribution in [0.3, 0.4) is 0 Å². The summed E-state index contributed by atoms with van der Waals surface area (Å²) in [5.74, 6) is -0.0629. The van der Waals surface area contributed by atoms with Crippen molar-refractivity contribution in [2.24, 2.45) is 0 Å². The van der Waals surface area contributed by atoms with Crippen LogP contribution in [0.4, 0.5) is 5.69 Å². The fraction of sp³-hybridized carbons (Fsp3) is 0.375. The number of hydrogen-bond donors (Lipinski definition) is 1. The van der Waals surface area contributed by atoms with Gasteiger partial charge in [-0.1, -0.05) is 75.2 Å². The zero-order chi connectivity index (χ0) is 19.3. The van der Waals surface area contributed by atoms with Crippen molar-refractivity contribution in [3.63, 3.8) is 0 Å². The van der Waals surface area contributed by atoms with E-state index in [1.165, 1.54) is 0 Å². The van der Waals surface area contributed by atoms with Crippen LogP contribution in [0.5, 0.6) is 0 Å². The van der Waals surface area contributed by atoms with E-state index in [0.717, 1.165) is 54.5 Å². The maximum Gasteiger partial charge on any atom is 0.257 e. The molecule has 0 spiro atoms. The van der Waals surface area contributed by atoms with Crippen molar-refractivity contribution in [1.82, 2.24) is 0 Å². The van der Waals surface area contributed by atoms with E-state index in [4.69, 9.17) is 0 Å². The van der Waals surface area contributed by atoms with Crippen molar-refractivity contribution in [1.29, 1.82) is 0 Å². The van der Waals surface area contributed by atoms with Gasteiger partial charge in [0, 0.05) is 16.8 Å². The van der Waals surface area contributed by atoms with Gasteiger partial charge < -0.3 is 5.11 Å². The molecule has 1 aliphatic heterocycles. The topological polar surface area (TPSA) is 40.5 Å². The number of benzene rings is 2. The standard InChI is InChI=1S/C24H29NO2/c1-3-5-17-21-22(18-6-4-2)24(27,19-13-9-7-10-14-19)25(23(21)26)20-15-11-8-12-16-20/h7-16,27H,3-6,17-18H2,1-2H3. The molecule has 0 radical (unpaired) electrons. The monoisotopic (exact) mass is 363 g/mol. The molecule has 1 unspecified atom stereocenters. The molecule has 3 nitrogen and oxygen atoms in total. The van der Waals surface area contributed by atoms with Gasteiger partial charge in [0.2, 0.25) is 0 Å². The van der Waals surface area contributed by atoms with Crippen molar-refractivity contribution in [3.8, 4) is 0 Å². The Balaban J connectivity index is 2.18. The minimum atomic E-state index is -1.42. The summed E-state index contributed by atoms with van der Waals surface area (Å²) in [5.41, 5.74) is 1.73. The van der Waals surface area contributed by atoms with Crippen LogP contribution in [0.15, 0.2) is 71.8 Å². The predicted octanol–water partition coefficient (Wildman–Crippen LogP) is 5.56. The molecular weight excluding hydrogens is 334 g/mol. The van der Waals surface area contributed by atoms with Gasteiger partial charge in [-0.2, -0.15) is 0 Å². The molecule has 0 bridgehead atoms. The Morgan fingerprint density at radius 1 is 0.852 bits per heavy atom. The van der Waals surface area contributed by atoms with Gasteiger partial charge in [0.25, 0.3) is 5.91 Å². The van der Waals surface area contributed by atoms with Crippen LogP contribution in [-0.2, 0) is 10.5 Å². The molecule has 27 heavy (non-hydrogen) atoms. The lowest BCUT2D eigenvalue weighted by atomic mass is 9.88. The molecule has 1 atom stereocenters. The Labute approximate surface area is 162 Å². The van der Waals surface area contributed by atoms with Crippen LogP contribution in [0, 0.1) is 0 Å². The van der Waals surface area contributed by atoms with Crippen LogP contribution in [0.1, 0.15) is 57.9 Å². The summed E-state index contributed by atoms with van der Waals surface area (Å²) in [6.45, 7) is 4.27. The smallest absolute Gasteiger partial charge is 0.257 e. The van der Waals surface area contributed by atoms with E-state index < -0.39 is 5.72 Å². The number of aliphatic hydroxyl groups is 1. The zero-order valence-corrected chi connectivity index (χ0v) is 16.3. The second-order valence-electron chi connectivity index (χ2n) is 7.18. The van der Waals surface area contributed by atoms with Crippen LogP contribution in [0.25, 0.3) is 0 Å². The normalized spacial score (nSPS) is 19.8. The Hall–Kier alpha value is -2.39. The SMILES string of the molecule is CCCCC1=C(CCCC)C(O)(c2ccccc2)N(c2ccccc2)C1=O. The number of carbonyl (C=O) groups is 1. The summed E-state index contributed by atoms with van der Waals surface area (Å²) in [6, 6.07) is 19.1. The molecule has 1 aliphatic rings. The molecule has 1 heterocycles. The lowest BCUT2D eigenvalue weighted by Gasteiger charge is -2.36. The number of amides is 1. The largest absolute Gasteiger partial charge is 0.363 e. The molecule has 2 aromatic rings. The minimum absolute atomic E-state index is 0.0629. The molecule has 3 heteroatoms. The molecule has 142 valence electrons. The molecule has 0 saturated heterocycles. The lowest BCUT2D eigenvalue weighted by Crippen LogP contribution is -2.46. The van der Waals surface area contributed by atoms with Gasteiger partial charge in [0.05, 0.1) is 0 Å². The Bertz CT molecular complexity index is 798. The van der Waals surface area contributed by atoms with Gasteiger partial charge in [-0.05, 0) is 43.4 Å². The van der Waals surface area contributed by atoms with Crippen LogP contribution in [0.2, 0.25) is 0 Å². The van der Waals surface area contributed by atoms with E-state index in [-0.39, 0.29) is 5.91 Å². The molecule has 1 N–H and O–H groups in total. The third-order valence-electron chi connectivity index (χ3n) is 5.32. The van der Waals surface area contributed by atoms with E-state index in [1.54, 1.807) is 4.90 Å². The third kappa shape index (κ3) is 3.57. The molecular formula is C24H29NO2. The minimum Gasteiger partial charge on any atom is -0.363 e. The van der Waals surface area contributed by atoms with Gasteiger partial charge in [-0.25, -0.2) is 0 Å². The van der Waals surface area contributed by atoms with Crippen LogP contribution >= 0.6 is 0 Å². The second kappa shape index (κ2) is 8.53. The maximum atomic E-state index is 13.5. The quantitative estimate of drug-likeness (QED) is 0.667. The fourth-order valence-electron chi connectivity index (χ4n) is 3.90. The first-order valence-corrected chi connectivity index (χ1v) is 10.0. The van der Waals surface area contributed by atoms with Gasteiger partial charge >= 0.3 is 0 Å². The number of nitrogens with zero attached hydrogens (tertiary/aromatic N) is 1. The average molecular weight is 364 g/mol. The Morgan fingerprint density at radius 2 is 1.41 bits per heavy atom. The first-order valence-electron chi connectivity index (χ1n) is 10.0. The molecule has 2 aromatic carbocycles. The number of anilines is 1. The fourth-order valence-corrected chi connectivity index (χ4v) is 3.90. The van der Waals surface area contributed by atoms with Gasteiger partial charge in [-0.15, -0.1) is 0 Å². The van der Waals surface area contributed by atoms with Gasteiger partial charge in [0.15, 0.2) is 5.72 Å². The van der Waals surface area contributed by atoms with Gasteiger partial charge in [0.1, 0.15) is 0 Å². The van der Waals surface area contributed by atoms with E-state index in [1.807, 2.05) is 60.7 Å². The number of hydrogen-bond acceptors (Lipinski definition) is 2. The molecule has 1 amide bonds. The average Bonchev–Trinajstić information content (AvgIpc) is 2.93. The van der Waals surface area contributed by atoms with Crippen LogP contribution < -0.4 is 4.90 Å². The number of unbranched alkanes of at least 4 members (excludes halogenated alkanes) is 2. The zero-order valence-electron chi connectivity index (χ0n) is 16.3. The third-order valence-corrected chi connectivity index (χ3v) is 5.32. The summed E-state index contributed by atoms with van der Waals surface area (Å²) < 4.78 is 0. The summed E-state index contributed by atoms with van der Waals surface area (Å²) in [7, 11) is 0. The molecule has 0 saturated carbocycles. The molecule has 0 aromatic heterocycles. The second-order valence-corrected chi connectivity index (χ2v) is 7.18. The maximum absolute atomic E-state index is 13.5. The molecule has 3 rings (SSSR count). The highest BCUT2D eigenvalue weighted by Gasteiger charge is 2.51. The lowest BCUT2D eigenvalue weighted by molar-refractivity contribution is -0.117. The van der Waals surface area contributed by atoms with Crippen molar-refractivity contribution in [2.75, 3.05) is 4.90 Å². The highest BCUT2D eigenvalue weighted by atomic mass is 16.3. The van der Waals surface area contributed by atoms with E-state index >= 15 is 0 Å². The van der Waals surface area contributed by atoms with Gasteiger partial charge in [-0.3, -0.25) is 9.69 Å². The first kappa shape index (κ1) is 19.4. The van der Waals surface area contributed by atoms with E-state index in [2.05, 4.69) is 13.8 Å². The predicted molar refractivity (Wildman–Crippen MR) is 110 cm³/mol. The Kier molecular flexibility index (Phi) is 6.12. The van der Waals surface area contributed by atoms with Crippen LogP contribution in [-0.4, -0.2) is 11.0 Å². The highest BCUT2D eigenvalue weighted by molar-refractivity contribution is 6.11. The van der Waals surface area contributed by atoms with E-state index in [9.17, 15) is 9.90 Å². The summed E-state index contributed by atoms with van der Waals surface area (Å²) in [6.07, 6.45) is 5.39. The Morgan fingerprint density at radius 3 is 2.00 bits per heavy atom.